The van der Waals surface area contributed by atoms with Gasteiger partial charge in [-0.2, -0.15) is 11.8 Å². The number of hydrogen-bond acceptors (Lipinski definition) is 4. The molecule has 21 heavy (non-hydrogen) atoms. The highest BCUT2D eigenvalue weighted by Gasteiger charge is 2.42. The molecule has 0 radical (unpaired) electrons. The molecule has 0 unspecified atom stereocenters. The Bertz CT molecular complexity index is 540. The fourth-order valence-corrected chi connectivity index (χ4v) is 2.89. The number of carbonyl (C=O) groups is 2. The Labute approximate surface area is 128 Å². The zero-order chi connectivity index (χ0) is 15.5. The van der Waals surface area contributed by atoms with Crippen molar-refractivity contribution < 1.29 is 19.4 Å². The molecule has 0 spiro atoms. The van der Waals surface area contributed by atoms with Crippen molar-refractivity contribution in [3.8, 4) is 0 Å². The molecule has 6 heteroatoms. The summed E-state index contributed by atoms with van der Waals surface area (Å²) in [5, 5.41) is 8.62. The zero-order valence-electron chi connectivity index (χ0n) is 12.2. The minimum absolute atomic E-state index is 0.0330. The lowest BCUT2D eigenvalue weighted by Gasteiger charge is -2.47. The smallest absolute Gasteiger partial charge is 0.329 e. The third kappa shape index (κ3) is 3.98. The van der Waals surface area contributed by atoms with E-state index in [1.54, 1.807) is 22.7 Å². The molecule has 1 aliphatic heterocycles. The van der Waals surface area contributed by atoms with E-state index in [1.165, 1.54) is 0 Å². The maximum atomic E-state index is 12.4. The monoisotopic (exact) mass is 309 g/mol. The second-order valence-electron chi connectivity index (χ2n) is 5.43. The first-order valence-corrected chi connectivity index (χ1v) is 8.06. The lowest BCUT2D eigenvalue weighted by atomic mass is 9.95. The number of ether oxygens (including phenoxy) is 1. The Balaban J connectivity index is 1.94. The predicted molar refractivity (Wildman–Crippen MR) is 81.6 cm³/mol. The van der Waals surface area contributed by atoms with Gasteiger partial charge < -0.3 is 14.7 Å². The highest BCUT2D eigenvalue weighted by Crippen LogP contribution is 2.26. The molecule has 1 amide bonds. The van der Waals surface area contributed by atoms with Crippen LogP contribution in [0.2, 0.25) is 0 Å². The summed E-state index contributed by atoms with van der Waals surface area (Å²) < 4.78 is 5.31. The molecule has 1 aromatic carbocycles. The summed E-state index contributed by atoms with van der Waals surface area (Å²) in [6.45, 7) is 2.34. The number of likely N-dealkylation sites (tertiary alicyclic amines) is 1. The molecular formula is C15H19NO4S. The Morgan fingerprint density at radius 3 is 2.76 bits per heavy atom. The summed E-state index contributed by atoms with van der Waals surface area (Å²) in [6.07, 6.45) is 2.02. The lowest BCUT2D eigenvalue weighted by Crippen LogP contribution is -2.63. The Morgan fingerprint density at radius 1 is 1.43 bits per heavy atom. The summed E-state index contributed by atoms with van der Waals surface area (Å²) in [5.41, 5.74) is 1.24. The summed E-state index contributed by atoms with van der Waals surface area (Å²) >= 11 is 1.71. The van der Waals surface area contributed by atoms with Crippen LogP contribution in [0.4, 0.5) is 0 Å². The molecule has 1 heterocycles. The van der Waals surface area contributed by atoms with Gasteiger partial charge in [0, 0.05) is 11.3 Å². The first kappa shape index (κ1) is 15.9. The van der Waals surface area contributed by atoms with Crippen LogP contribution >= 0.6 is 11.8 Å². The number of thioether (sulfide) groups is 1. The van der Waals surface area contributed by atoms with E-state index in [0.29, 0.717) is 18.7 Å². The van der Waals surface area contributed by atoms with Crippen molar-refractivity contribution in [1.82, 2.24) is 4.90 Å². The molecule has 0 bridgehead atoms. The van der Waals surface area contributed by atoms with E-state index < -0.39 is 11.6 Å². The summed E-state index contributed by atoms with van der Waals surface area (Å²) in [4.78, 5) is 24.6. The molecule has 1 aliphatic rings. The van der Waals surface area contributed by atoms with E-state index in [4.69, 9.17) is 9.84 Å². The number of carboxylic acids is 1. The molecule has 0 atom stereocenters. The molecule has 0 saturated carbocycles. The van der Waals surface area contributed by atoms with Crippen LogP contribution in [0.5, 0.6) is 0 Å². The van der Waals surface area contributed by atoms with Gasteiger partial charge in [-0.05, 0) is 30.9 Å². The second-order valence-corrected chi connectivity index (χ2v) is 6.29. The highest BCUT2D eigenvalue weighted by molar-refractivity contribution is 7.97. The van der Waals surface area contributed by atoms with E-state index in [1.807, 2.05) is 31.4 Å². The highest BCUT2D eigenvalue weighted by atomic mass is 32.2. The van der Waals surface area contributed by atoms with Crippen LogP contribution in [0.1, 0.15) is 22.8 Å². The van der Waals surface area contributed by atoms with Gasteiger partial charge in [0.15, 0.2) is 0 Å². The second kappa shape index (κ2) is 6.49. The maximum absolute atomic E-state index is 12.4. The van der Waals surface area contributed by atoms with E-state index >= 15 is 0 Å². The molecule has 0 aromatic heterocycles. The first-order valence-electron chi connectivity index (χ1n) is 6.66. The van der Waals surface area contributed by atoms with Gasteiger partial charge in [0.25, 0.3) is 5.91 Å². The summed E-state index contributed by atoms with van der Waals surface area (Å²) in [7, 11) is 0. The van der Waals surface area contributed by atoms with Gasteiger partial charge in [-0.15, -0.1) is 0 Å². The van der Waals surface area contributed by atoms with Crippen LogP contribution in [0.15, 0.2) is 24.3 Å². The molecule has 1 fully saturated rings. The van der Waals surface area contributed by atoms with Gasteiger partial charge in [0.2, 0.25) is 0 Å². The van der Waals surface area contributed by atoms with Gasteiger partial charge in [-0.25, -0.2) is 4.79 Å². The standard InChI is InChI=1S/C15H19NO4S/c1-15(20-7-13(17)18)9-16(10-15)14(19)12-5-3-4-11(6-12)8-21-2/h3-6H,7-10H2,1-2H3,(H,17,18). The number of hydrogen-bond donors (Lipinski definition) is 1. The van der Waals surface area contributed by atoms with Crippen LogP contribution in [-0.2, 0) is 15.3 Å². The van der Waals surface area contributed by atoms with Crippen molar-refractivity contribution in [2.75, 3.05) is 26.0 Å². The van der Waals surface area contributed by atoms with E-state index in [0.717, 1.165) is 11.3 Å². The number of nitrogens with zero attached hydrogens (tertiary/aromatic N) is 1. The van der Waals surface area contributed by atoms with Crippen molar-refractivity contribution in [3.63, 3.8) is 0 Å². The maximum Gasteiger partial charge on any atom is 0.329 e. The van der Waals surface area contributed by atoms with Crippen LogP contribution < -0.4 is 0 Å². The Kier molecular flexibility index (Phi) is 4.90. The van der Waals surface area contributed by atoms with Gasteiger partial charge in [-0.3, -0.25) is 4.79 Å². The van der Waals surface area contributed by atoms with Gasteiger partial charge in [0.1, 0.15) is 12.2 Å². The number of benzene rings is 1. The minimum atomic E-state index is -0.995. The van der Waals surface area contributed by atoms with Crippen molar-refractivity contribution in [1.29, 1.82) is 0 Å². The average Bonchev–Trinajstić information content (AvgIpc) is 2.42. The third-order valence-corrected chi connectivity index (χ3v) is 3.99. The topological polar surface area (TPSA) is 66.8 Å². The lowest BCUT2D eigenvalue weighted by molar-refractivity contribution is -0.159. The Hall–Kier alpha value is -1.53. The van der Waals surface area contributed by atoms with Gasteiger partial charge >= 0.3 is 5.97 Å². The van der Waals surface area contributed by atoms with Crippen molar-refractivity contribution in [2.45, 2.75) is 18.3 Å². The molecule has 5 nitrogen and oxygen atoms in total. The summed E-state index contributed by atoms with van der Waals surface area (Å²) in [6, 6.07) is 7.61. The molecule has 0 aliphatic carbocycles. The van der Waals surface area contributed by atoms with Gasteiger partial charge in [-0.1, -0.05) is 12.1 Å². The average molecular weight is 309 g/mol. The van der Waals surface area contributed by atoms with Crippen LogP contribution in [0, 0.1) is 0 Å². The third-order valence-electron chi connectivity index (χ3n) is 3.37. The molecule has 114 valence electrons. The fraction of sp³-hybridized carbons (Fsp3) is 0.467. The summed E-state index contributed by atoms with van der Waals surface area (Å²) in [5.74, 6) is -0.152. The number of carboxylic acid groups (broad SMARTS) is 1. The number of carbonyl (C=O) groups excluding carboxylic acids is 1. The van der Waals surface area contributed by atoms with Crippen LogP contribution in [-0.4, -0.2) is 53.4 Å². The predicted octanol–water partition coefficient (Wildman–Crippen LogP) is 1.87. The van der Waals surface area contributed by atoms with Gasteiger partial charge in [0.05, 0.1) is 13.1 Å². The number of amides is 1. The fourth-order valence-electron chi connectivity index (χ4n) is 2.38. The van der Waals surface area contributed by atoms with Crippen LogP contribution in [0.3, 0.4) is 0 Å². The Morgan fingerprint density at radius 2 is 2.14 bits per heavy atom. The van der Waals surface area contributed by atoms with E-state index in [9.17, 15) is 9.59 Å². The largest absolute Gasteiger partial charge is 0.480 e. The van der Waals surface area contributed by atoms with Crippen molar-refractivity contribution in [3.05, 3.63) is 35.4 Å². The van der Waals surface area contributed by atoms with E-state index in [2.05, 4.69) is 0 Å². The minimum Gasteiger partial charge on any atom is -0.480 e. The molecule has 2 rings (SSSR count). The van der Waals surface area contributed by atoms with E-state index in [-0.39, 0.29) is 12.5 Å². The molecule has 1 N–H and O–H groups in total. The number of aliphatic carboxylic acids is 1. The number of rotatable bonds is 6. The molecular weight excluding hydrogens is 290 g/mol. The van der Waals surface area contributed by atoms with Crippen molar-refractivity contribution >= 4 is 23.6 Å². The molecule has 1 aromatic rings. The van der Waals surface area contributed by atoms with Crippen LogP contribution in [0.25, 0.3) is 0 Å². The van der Waals surface area contributed by atoms with Crippen molar-refractivity contribution in [2.24, 2.45) is 0 Å². The SMILES string of the molecule is CSCc1cccc(C(=O)N2CC(C)(OCC(=O)O)C2)c1. The quantitative estimate of drug-likeness (QED) is 0.869. The first-order chi connectivity index (χ1) is 9.93. The molecule has 1 saturated heterocycles. The zero-order valence-corrected chi connectivity index (χ0v) is 13.0. The normalized spacial score (nSPS) is 16.4.